The monoisotopic (exact) mass is 572 g/mol. The van der Waals surface area contributed by atoms with Crippen LogP contribution in [0.5, 0.6) is 0 Å². The summed E-state index contributed by atoms with van der Waals surface area (Å²) in [6, 6.07) is -0.604. The molecule has 1 N–H and O–H groups in total. The average molecular weight is 573 g/mol. The fraction of sp³-hybridized carbons (Fsp3) is 0.906. The van der Waals surface area contributed by atoms with E-state index in [2.05, 4.69) is 6.92 Å². The van der Waals surface area contributed by atoms with E-state index >= 15 is 0 Å². The van der Waals surface area contributed by atoms with Crippen LogP contribution in [0.25, 0.3) is 0 Å². The van der Waals surface area contributed by atoms with E-state index in [1.54, 1.807) is 0 Å². The minimum atomic E-state index is -0.878. The molecule has 2 unspecified atom stereocenters. The molecule has 0 aliphatic rings. The topological polar surface area (TPSA) is 99.1 Å². The summed E-state index contributed by atoms with van der Waals surface area (Å²) in [6.45, 7) is 4.48. The largest absolute Gasteiger partial charge is 0.477 e. The molecule has 0 aromatic heterocycles. The van der Waals surface area contributed by atoms with Gasteiger partial charge in [-0.1, -0.05) is 104 Å². The number of carbonyl (C=O) groups excluding carboxylic acids is 2. The summed E-state index contributed by atoms with van der Waals surface area (Å²) >= 11 is 0. The highest BCUT2D eigenvalue weighted by atomic mass is 16.6. The molecule has 0 fully saturated rings. The van der Waals surface area contributed by atoms with Gasteiger partial charge < -0.3 is 23.8 Å². The number of likely N-dealkylation sites (N-methyl/N-ethyl adjacent to an activating group) is 1. The van der Waals surface area contributed by atoms with Crippen LogP contribution in [0.2, 0.25) is 0 Å². The van der Waals surface area contributed by atoms with Crippen molar-refractivity contribution < 1.29 is 38.2 Å². The molecule has 0 spiro atoms. The van der Waals surface area contributed by atoms with E-state index in [-0.39, 0.29) is 36.2 Å². The lowest BCUT2D eigenvalue weighted by atomic mass is 10.0. The number of carboxylic acid groups (broad SMARTS) is 1. The van der Waals surface area contributed by atoms with Crippen molar-refractivity contribution in [3.8, 4) is 0 Å². The Morgan fingerprint density at radius 3 is 1.60 bits per heavy atom. The lowest BCUT2D eigenvalue weighted by Crippen LogP contribution is -2.50. The van der Waals surface area contributed by atoms with Crippen molar-refractivity contribution in [2.75, 3.05) is 41.0 Å². The Hall–Kier alpha value is -1.67. The molecule has 0 heterocycles. The average Bonchev–Trinajstić information content (AvgIpc) is 2.89. The molecule has 0 saturated carbocycles. The molecule has 0 rings (SSSR count). The van der Waals surface area contributed by atoms with Gasteiger partial charge in [-0.25, -0.2) is 4.79 Å². The van der Waals surface area contributed by atoms with Crippen molar-refractivity contribution in [3.05, 3.63) is 0 Å². The third-order valence-electron chi connectivity index (χ3n) is 7.26. The molecular weight excluding hydrogens is 510 g/mol. The standard InChI is InChI=1S/C32H61NO7/c1-6-8-10-11-12-13-14-15-16-17-18-19-20-21-23-31(35)40-28(27-39-30(34)22-9-7-2)26-38-25-24-29(32(36)37)33(3,4)5/h28-29H,6-27H2,1-5H3/p+1. The molecule has 0 aliphatic heterocycles. The zero-order valence-electron chi connectivity index (χ0n) is 26.6. The lowest BCUT2D eigenvalue weighted by Gasteiger charge is -2.31. The van der Waals surface area contributed by atoms with E-state index in [4.69, 9.17) is 14.2 Å². The summed E-state index contributed by atoms with van der Waals surface area (Å²) in [4.78, 5) is 36.0. The van der Waals surface area contributed by atoms with Gasteiger partial charge >= 0.3 is 17.9 Å². The molecule has 0 aliphatic carbocycles. The molecule has 0 aromatic carbocycles. The highest BCUT2D eigenvalue weighted by Gasteiger charge is 2.31. The zero-order valence-corrected chi connectivity index (χ0v) is 26.6. The van der Waals surface area contributed by atoms with Gasteiger partial charge in [-0.15, -0.1) is 0 Å². The van der Waals surface area contributed by atoms with E-state index in [0.717, 1.165) is 32.1 Å². The van der Waals surface area contributed by atoms with E-state index in [1.165, 1.54) is 70.6 Å². The molecule has 0 saturated heterocycles. The first kappa shape index (κ1) is 38.3. The van der Waals surface area contributed by atoms with Gasteiger partial charge in [-0.3, -0.25) is 9.59 Å². The van der Waals surface area contributed by atoms with Crippen molar-refractivity contribution in [3.63, 3.8) is 0 Å². The van der Waals surface area contributed by atoms with Crippen molar-refractivity contribution in [1.82, 2.24) is 0 Å². The van der Waals surface area contributed by atoms with Gasteiger partial charge in [-0.2, -0.15) is 0 Å². The van der Waals surface area contributed by atoms with Gasteiger partial charge in [0, 0.05) is 19.3 Å². The summed E-state index contributed by atoms with van der Waals surface area (Å²) in [6.07, 6.45) is 19.5. The number of carbonyl (C=O) groups is 3. The number of hydrogen-bond acceptors (Lipinski definition) is 6. The lowest BCUT2D eigenvalue weighted by molar-refractivity contribution is -0.887. The van der Waals surface area contributed by atoms with E-state index in [9.17, 15) is 19.5 Å². The smallest absolute Gasteiger partial charge is 0.362 e. The Morgan fingerprint density at radius 1 is 0.650 bits per heavy atom. The third kappa shape index (κ3) is 23.1. The van der Waals surface area contributed by atoms with Crippen LogP contribution >= 0.6 is 0 Å². The first-order valence-electron chi connectivity index (χ1n) is 16.1. The highest BCUT2D eigenvalue weighted by Crippen LogP contribution is 2.14. The second-order valence-electron chi connectivity index (χ2n) is 12.1. The van der Waals surface area contributed by atoms with Crippen LogP contribution in [-0.2, 0) is 28.6 Å². The number of hydrogen-bond donors (Lipinski definition) is 1. The molecule has 0 amide bonds. The Morgan fingerprint density at radius 2 is 1.12 bits per heavy atom. The van der Waals surface area contributed by atoms with Crippen LogP contribution in [-0.4, -0.2) is 80.6 Å². The van der Waals surface area contributed by atoms with Crippen LogP contribution in [0.4, 0.5) is 0 Å². The van der Waals surface area contributed by atoms with Crippen LogP contribution in [0.15, 0.2) is 0 Å². The second-order valence-corrected chi connectivity index (χ2v) is 12.1. The maximum atomic E-state index is 12.5. The zero-order chi connectivity index (χ0) is 30.1. The third-order valence-corrected chi connectivity index (χ3v) is 7.26. The van der Waals surface area contributed by atoms with Gasteiger partial charge in [0.05, 0.1) is 34.4 Å². The first-order chi connectivity index (χ1) is 19.1. The fourth-order valence-corrected chi connectivity index (χ4v) is 4.66. The van der Waals surface area contributed by atoms with Gasteiger partial charge in [-0.05, 0) is 12.8 Å². The molecule has 0 radical (unpaired) electrons. The fourth-order valence-electron chi connectivity index (χ4n) is 4.66. The molecule has 0 aromatic rings. The minimum Gasteiger partial charge on any atom is -0.477 e. The Balaban J connectivity index is 4.22. The second kappa shape index (κ2) is 25.1. The Kier molecular flexibility index (Phi) is 24.0. The minimum absolute atomic E-state index is 0.0509. The summed E-state index contributed by atoms with van der Waals surface area (Å²) in [7, 11) is 5.49. The predicted octanol–water partition coefficient (Wildman–Crippen LogP) is 7.07. The number of unbranched alkanes of at least 4 members (excludes halogenated alkanes) is 14. The van der Waals surface area contributed by atoms with Crippen molar-refractivity contribution in [2.24, 2.45) is 0 Å². The number of carboxylic acids is 1. The number of quaternary nitrogens is 1. The first-order valence-corrected chi connectivity index (χ1v) is 16.1. The van der Waals surface area contributed by atoms with Gasteiger partial charge in [0.15, 0.2) is 12.1 Å². The molecule has 8 heteroatoms. The van der Waals surface area contributed by atoms with Crippen LogP contribution in [0.1, 0.15) is 136 Å². The summed E-state index contributed by atoms with van der Waals surface area (Å²) in [5.74, 6) is -1.50. The number of aliphatic carboxylic acids is 1. The molecule has 0 bridgehead atoms. The SMILES string of the molecule is CCCCCCCCCCCCCCCCC(=O)OC(COCCC(C(=O)O)[N+](C)(C)C)COC(=O)CCCC. The van der Waals surface area contributed by atoms with Crippen molar-refractivity contribution >= 4 is 17.9 Å². The van der Waals surface area contributed by atoms with E-state index < -0.39 is 18.1 Å². The van der Waals surface area contributed by atoms with Crippen molar-refractivity contribution in [2.45, 2.75) is 148 Å². The Bertz CT molecular complexity index is 648. The van der Waals surface area contributed by atoms with Crippen molar-refractivity contribution in [1.29, 1.82) is 0 Å². The number of esters is 2. The quantitative estimate of drug-likeness (QED) is 0.0608. The predicted molar refractivity (Wildman–Crippen MR) is 160 cm³/mol. The molecule has 236 valence electrons. The number of nitrogens with zero attached hydrogens (tertiary/aromatic N) is 1. The van der Waals surface area contributed by atoms with E-state index in [0.29, 0.717) is 19.3 Å². The highest BCUT2D eigenvalue weighted by molar-refractivity contribution is 5.72. The molecule has 2 atom stereocenters. The Labute approximate surface area is 245 Å². The number of rotatable bonds is 28. The summed E-state index contributed by atoms with van der Waals surface area (Å²) in [5.41, 5.74) is 0. The van der Waals surface area contributed by atoms with Crippen LogP contribution in [0, 0.1) is 0 Å². The maximum absolute atomic E-state index is 12.5. The molecule has 8 nitrogen and oxygen atoms in total. The maximum Gasteiger partial charge on any atom is 0.362 e. The van der Waals surface area contributed by atoms with E-state index in [1.807, 2.05) is 28.1 Å². The van der Waals surface area contributed by atoms with Gasteiger partial charge in [0.1, 0.15) is 6.61 Å². The van der Waals surface area contributed by atoms with Gasteiger partial charge in [0.2, 0.25) is 0 Å². The van der Waals surface area contributed by atoms with Crippen LogP contribution < -0.4 is 0 Å². The number of ether oxygens (including phenoxy) is 3. The molecule has 40 heavy (non-hydrogen) atoms. The summed E-state index contributed by atoms with van der Waals surface area (Å²) < 4.78 is 16.8. The molecular formula is C32H62NO7+. The van der Waals surface area contributed by atoms with Gasteiger partial charge in [0.25, 0.3) is 0 Å². The van der Waals surface area contributed by atoms with Crippen LogP contribution in [0.3, 0.4) is 0 Å². The normalized spacial score (nSPS) is 13.1. The summed E-state index contributed by atoms with van der Waals surface area (Å²) in [5, 5.41) is 9.48.